The van der Waals surface area contributed by atoms with E-state index in [2.05, 4.69) is 0 Å². The van der Waals surface area contributed by atoms with E-state index >= 15 is 0 Å². The van der Waals surface area contributed by atoms with E-state index in [1.807, 2.05) is 0 Å². The van der Waals surface area contributed by atoms with E-state index in [-0.39, 0.29) is 16.8 Å². The van der Waals surface area contributed by atoms with Gasteiger partial charge in [-0.1, -0.05) is 36.4 Å². The third-order valence-corrected chi connectivity index (χ3v) is 6.43. The second-order valence-corrected chi connectivity index (χ2v) is 8.64. The number of fused-ring (bicyclic) bond motifs is 3. The van der Waals surface area contributed by atoms with Crippen LogP contribution in [0.5, 0.6) is 0 Å². The zero-order valence-electron chi connectivity index (χ0n) is 19.1. The number of nitriles is 2. The molecule has 0 bridgehead atoms. The third-order valence-electron chi connectivity index (χ3n) is 6.43. The molecule has 0 amide bonds. The summed E-state index contributed by atoms with van der Waals surface area (Å²) in [4.78, 5) is 0. The fourth-order valence-corrected chi connectivity index (χ4v) is 4.59. The Morgan fingerprint density at radius 3 is 1.18 bits per heavy atom. The molecule has 1 N–H and O–H groups in total. The average molecular weight is 517 g/mol. The first kappa shape index (κ1) is 24.8. The fraction of sp³-hybridized carbons (Fsp3) is 0.0690. The maximum Gasteiger partial charge on any atom is 0.417 e. The first-order chi connectivity index (χ1) is 17.9. The van der Waals surface area contributed by atoms with E-state index in [4.69, 9.17) is 15.9 Å². The SMILES string of the molecule is N#Cc1ccc(-c2ccc3c(c2)C(=N)c2cc(-c4ccc(C#N)c(C(F)(F)F)c4)ccc2-3)cc1C(F)(F)F. The second-order valence-electron chi connectivity index (χ2n) is 8.64. The molecule has 0 aromatic heterocycles. The quantitative estimate of drug-likeness (QED) is 0.240. The normalized spacial score (nSPS) is 12.5. The molecule has 38 heavy (non-hydrogen) atoms. The molecule has 0 fully saturated rings. The zero-order valence-corrected chi connectivity index (χ0v) is 19.1. The largest absolute Gasteiger partial charge is 0.417 e. The van der Waals surface area contributed by atoms with Crippen LogP contribution in [0, 0.1) is 28.1 Å². The Morgan fingerprint density at radius 2 is 0.842 bits per heavy atom. The van der Waals surface area contributed by atoms with Crippen LogP contribution in [-0.4, -0.2) is 5.71 Å². The Hall–Kier alpha value is -4.89. The van der Waals surface area contributed by atoms with E-state index in [0.29, 0.717) is 33.4 Å². The lowest BCUT2D eigenvalue weighted by Crippen LogP contribution is -2.08. The van der Waals surface area contributed by atoms with Crippen LogP contribution in [0.4, 0.5) is 26.3 Å². The first-order valence-corrected chi connectivity index (χ1v) is 11.0. The lowest BCUT2D eigenvalue weighted by molar-refractivity contribution is -0.138. The van der Waals surface area contributed by atoms with E-state index in [9.17, 15) is 26.3 Å². The molecule has 0 spiro atoms. The maximum absolute atomic E-state index is 13.4. The lowest BCUT2D eigenvalue weighted by Gasteiger charge is -2.12. The number of rotatable bonds is 2. The van der Waals surface area contributed by atoms with Gasteiger partial charge in [-0.25, -0.2) is 0 Å². The molecule has 0 saturated heterocycles. The van der Waals surface area contributed by atoms with Crippen LogP contribution in [-0.2, 0) is 12.4 Å². The minimum atomic E-state index is -4.71. The summed E-state index contributed by atoms with van der Waals surface area (Å²) in [7, 11) is 0. The Morgan fingerprint density at radius 1 is 0.500 bits per heavy atom. The molecule has 9 heteroatoms. The van der Waals surface area contributed by atoms with Gasteiger partial charge in [-0.2, -0.15) is 36.9 Å². The number of nitrogens with zero attached hydrogens (tertiary/aromatic N) is 2. The van der Waals surface area contributed by atoms with Crippen LogP contribution < -0.4 is 0 Å². The van der Waals surface area contributed by atoms with E-state index in [1.165, 1.54) is 12.1 Å². The molecule has 1 aliphatic rings. The summed E-state index contributed by atoms with van der Waals surface area (Å²) in [5.74, 6) is 0. The van der Waals surface area contributed by atoms with Gasteiger partial charge in [0.1, 0.15) is 0 Å². The number of hydrogen-bond acceptors (Lipinski definition) is 3. The molecule has 0 heterocycles. The van der Waals surface area contributed by atoms with Crippen LogP contribution in [0.2, 0.25) is 0 Å². The van der Waals surface area contributed by atoms with Crippen molar-refractivity contribution in [2.45, 2.75) is 12.4 Å². The number of hydrogen-bond donors (Lipinski definition) is 1. The van der Waals surface area contributed by atoms with Crippen LogP contribution in [0.3, 0.4) is 0 Å². The summed E-state index contributed by atoms with van der Waals surface area (Å²) in [6, 6.07) is 19.7. The minimum absolute atomic E-state index is 0.0769. The summed E-state index contributed by atoms with van der Waals surface area (Å²) in [5, 5.41) is 26.8. The van der Waals surface area contributed by atoms with Crippen molar-refractivity contribution in [2.24, 2.45) is 0 Å². The van der Waals surface area contributed by atoms with Gasteiger partial charge in [-0.15, -0.1) is 0 Å². The van der Waals surface area contributed by atoms with Crippen molar-refractivity contribution in [1.29, 1.82) is 15.9 Å². The summed E-state index contributed by atoms with van der Waals surface area (Å²) in [5.41, 5.74) is 0.515. The zero-order chi connectivity index (χ0) is 27.4. The van der Waals surface area contributed by atoms with Gasteiger partial charge in [0.15, 0.2) is 0 Å². The Bertz CT molecular complexity index is 1610. The lowest BCUT2D eigenvalue weighted by atomic mass is 9.95. The molecule has 0 unspecified atom stereocenters. The van der Waals surface area contributed by atoms with Crippen molar-refractivity contribution in [3.63, 3.8) is 0 Å². The topological polar surface area (TPSA) is 71.4 Å². The van der Waals surface area contributed by atoms with E-state index < -0.39 is 34.6 Å². The molecule has 3 nitrogen and oxygen atoms in total. The standard InChI is InChI=1S/C29H13F6N3/c30-28(31,32)25-11-17(1-3-19(25)13-36)15-5-7-21-22-8-6-16(10-24(22)27(38)23(21)9-15)18-2-4-20(14-37)26(12-18)29(33,34)35/h1-12,38H. The number of halogens is 6. The molecule has 1 aliphatic carbocycles. The van der Waals surface area contributed by atoms with Gasteiger partial charge in [0.2, 0.25) is 0 Å². The molecular formula is C29H13F6N3. The summed E-state index contributed by atoms with van der Waals surface area (Å²) in [6.45, 7) is 0. The smallest absolute Gasteiger partial charge is 0.300 e. The fourth-order valence-electron chi connectivity index (χ4n) is 4.59. The predicted octanol–water partition coefficient (Wildman–Crippen LogP) is 8.20. The van der Waals surface area contributed by atoms with Gasteiger partial charge < -0.3 is 0 Å². The summed E-state index contributed by atoms with van der Waals surface area (Å²) < 4.78 is 80.6. The van der Waals surface area contributed by atoms with Gasteiger partial charge in [0.25, 0.3) is 0 Å². The second kappa shape index (κ2) is 8.60. The molecule has 4 aromatic carbocycles. The highest BCUT2D eigenvalue weighted by Gasteiger charge is 2.35. The van der Waals surface area contributed by atoms with Crippen LogP contribution in [0.25, 0.3) is 33.4 Å². The molecule has 0 atom stereocenters. The van der Waals surface area contributed by atoms with Crippen molar-refractivity contribution in [3.8, 4) is 45.5 Å². The molecule has 186 valence electrons. The van der Waals surface area contributed by atoms with E-state index in [1.54, 1.807) is 48.5 Å². The van der Waals surface area contributed by atoms with Crippen molar-refractivity contribution in [2.75, 3.05) is 0 Å². The van der Waals surface area contributed by atoms with Crippen LogP contribution >= 0.6 is 0 Å². The van der Waals surface area contributed by atoms with Crippen molar-refractivity contribution >= 4 is 5.71 Å². The van der Waals surface area contributed by atoms with Gasteiger partial charge in [0, 0.05) is 11.1 Å². The average Bonchev–Trinajstić information content (AvgIpc) is 3.17. The molecule has 0 aliphatic heterocycles. The Balaban J connectivity index is 1.55. The van der Waals surface area contributed by atoms with Crippen molar-refractivity contribution in [1.82, 2.24) is 0 Å². The predicted molar refractivity (Wildman–Crippen MR) is 128 cm³/mol. The molecular weight excluding hydrogens is 504 g/mol. The highest BCUT2D eigenvalue weighted by Crippen LogP contribution is 2.42. The van der Waals surface area contributed by atoms with Gasteiger partial charge in [0.05, 0.1) is 40.1 Å². The number of alkyl halides is 6. The highest BCUT2D eigenvalue weighted by molar-refractivity contribution is 6.23. The van der Waals surface area contributed by atoms with Crippen LogP contribution in [0.1, 0.15) is 33.4 Å². The monoisotopic (exact) mass is 517 g/mol. The first-order valence-electron chi connectivity index (χ1n) is 11.0. The van der Waals surface area contributed by atoms with Crippen LogP contribution in [0.15, 0.2) is 72.8 Å². The molecule has 0 saturated carbocycles. The summed E-state index contributed by atoms with van der Waals surface area (Å²) in [6.07, 6.45) is -9.43. The van der Waals surface area contributed by atoms with Crippen molar-refractivity contribution in [3.05, 3.63) is 106 Å². The highest BCUT2D eigenvalue weighted by atomic mass is 19.4. The molecule has 4 aromatic rings. The van der Waals surface area contributed by atoms with Gasteiger partial charge in [-0.05, 0) is 69.8 Å². The van der Waals surface area contributed by atoms with E-state index in [0.717, 1.165) is 24.3 Å². The maximum atomic E-state index is 13.4. The number of nitrogens with one attached hydrogen (secondary N) is 1. The Kier molecular flexibility index (Phi) is 5.61. The minimum Gasteiger partial charge on any atom is -0.300 e. The van der Waals surface area contributed by atoms with Gasteiger partial charge in [-0.3, -0.25) is 5.41 Å². The molecule has 5 rings (SSSR count). The number of benzene rings is 4. The molecule has 0 radical (unpaired) electrons. The van der Waals surface area contributed by atoms with Gasteiger partial charge >= 0.3 is 12.4 Å². The van der Waals surface area contributed by atoms with Crippen molar-refractivity contribution < 1.29 is 26.3 Å². The summed E-state index contributed by atoms with van der Waals surface area (Å²) >= 11 is 0. The Labute approximate surface area is 212 Å². The third kappa shape index (κ3) is 4.08.